The van der Waals surface area contributed by atoms with Gasteiger partial charge in [0.05, 0.1) is 24.4 Å². The number of nitrogens with one attached hydrogen (secondary N) is 1. The second-order valence-electron chi connectivity index (χ2n) is 8.47. The number of carbonyl (C=O) groups is 1. The maximum atomic E-state index is 14.0. The maximum absolute atomic E-state index is 14.0. The van der Waals surface area contributed by atoms with Crippen LogP contribution < -0.4 is 15.1 Å². The van der Waals surface area contributed by atoms with Gasteiger partial charge in [-0.15, -0.1) is 0 Å². The summed E-state index contributed by atoms with van der Waals surface area (Å²) in [6.07, 6.45) is 0.420. The zero-order chi connectivity index (χ0) is 21.8. The van der Waals surface area contributed by atoms with Crippen molar-refractivity contribution in [1.29, 1.82) is 0 Å². The molecule has 31 heavy (non-hydrogen) atoms. The Balaban J connectivity index is 1.25. The summed E-state index contributed by atoms with van der Waals surface area (Å²) in [6.45, 7) is 9.14. The van der Waals surface area contributed by atoms with Crippen LogP contribution in [0.3, 0.4) is 0 Å². The SMILES string of the molecule is CC1CN(c2ccc(NC(=O)CN3CCN(c4ccccc4F)CC3)cc2)CC(C)O1. The topological polar surface area (TPSA) is 48.1 Å². The number of hydrogen-bond acceptors (Lipinski definition) is 5. The number of rotatable bonds is 5. The highest BCUT2D eigenvalue weighted by atomic mass is 19.1. The van der Waals surface area contributed by atoms with Crippen molar-refractivity contribution in [3.8, 4) is 0 Å². The normalized spacial score (nSPS) is 22.4. The number of ether oxygens (including phenoxy) is 1. The largest absolute Gasteiger partial charge is 0.372 e. The molecule has 1 N–H and O–H groups in total. The molecule has 0 radical (unpaired) electrons. The summed E-state index contributed by atoms with van der Waals surface area (Å²) >= 11 is 0. The summed E-state index contributed by atoms with van der Waals surface area (Å²) in [7, 11) is 0. The average molecular weight is 427 g/mol. The molecule has 1 amide bonds. The first kappa shape index (κ1) is 21.6. The fraction of sp³-hybridized carbons (Fsp3) is 0.458. The third-order valence-corrected chi connectivity index (χ3v) is 5.87. The van der Waals surface area contributed by atoms with Crippen molar-refractivity contribution in [2.45, 2.75) is 26.1 Å². The highest BCUT2D eigenvalue weighted by Crippen LogP contribution is 2.23. The highest BCUT2D eigenvalue weighted by Gasteiger charge is 2.23. The van der Waals surface area contributed by atoms with Gasteiger partial charge in [-0.25, -0.2) is 4.39 Å². The standard InChI is InChI=1S/C24H31FN4O2/c1-18-15-29(16-19(2)31-18)21-9-7-20(8-10-21)26-24(30)17-27-11-13-28(14-12-27)23-6-4-3-5-22(23)25/h3-10,18-19H,11-17H2,1-2H3,(H,26,30). The van der Waals surface area contributed by atoms with E-state index in [-0.39, 0.29) is 23.9 Å². The smallest absolute Gasteiger partial charge is 0.238 e. The van der Waals surface area contributed by atoms with Gasteiger partial charge in [0.25, 0.3) is 0 Å². The molecule has 2 heterocycles. The molecule has 0 aromatic heterocycles. The van der Waals surface area contributed by atoms with Gasteiger partial charge in [-0.1, -0.05) is 12.1 Å². The van der Waals surface area contributed by atoms with Gasteiger partial charge in [-0.3, -0.25) is 9.69 Å². The molecule has 2 aromatic carbocycles. The minimum absolute atomic E-state index is 0.0271. The summed E-state index contributed by atoms with van der Waals surface area (Å²) in [5.74, 6) is -0.223. The van der Waals surface area contributed by atoms with Crippen molar-refractivity contribution in [3.05, 3.63) is 54.3 Å². The number of halogens is 1. The number of para-hydroxylation sites is 1. The molecule has 2 fully saturated rings. The van der Waals surface area contributed by atoms with E-state index in [9.17, 15) is 9.18 Å². The Morgan fingerprint density at radius 2 is 1.61 bits per heavy atom. The Labute approximate surface area is 183 Å². The van der Waals surface area contributed by atoms with E-state index in [0.717, 1.165) is 37.6 Å². The van der Waals surface area contributed by atoms with E-state index >= 15 is 0 Å². The maximum Gasteiger partial charge on any atom is 0.238 e. The summed E-state index contributed by atoms with van der Waals surface area (Å²) < 4.78 is 19.8. The second kappa shape index (κ2) is 9.66. The van der Waals surface area contributed by atoms with E-state index in [1.807, 2.05) is 35.2 Å². The minimum atomic E-state index is -0.196. The number of morpholine rings is 1. The lowest BCUT2D eigenvalue weighted by atomic mass is 10.2. The van der Waals surface area contributed by atoms with Crippen LogP contribution in [-0.4, -0.2) is 68.8 Å². The molecule has 0 saturated carbocycles. The zero-order valence-electron chi connectivity index (χ0n) is 18.3. The molecule has 0 spiro atoms. The van der Waals surface area contributed by atoms with Crippen molar-refractivity contribution in [2.24, 2.45) is 0 Å². The predicted molar refractivity (Wildman–Crippen MR) is 122 cm³/mol. The van der Waals surface area contributed by atoms with Crippen molar-refractivity contribution >= 4 is 23.0 Å². The Hall–Kier alpha value is -2.64. The minimum Gasteiger partial charge on any atom is -0.372 e. The van der Waals surface area contributed by atoms with Crippen molar-refractivity contribution in [1.82, 2.24) is 4.90 Å². The first-order valence-electron chi connectivity index (χ1n) is 11.0. The number of nitrogens with zero attached hydrogens (tertiary/aromatic N) is 3. The van der Waals surface area contributed by atoms with Gasteiger partial charge in [0.1, 0.15) is 5.82 Å². The lowest BCUT2D eigenvalue weighted by molar-refractivity contribution is -0.117. The van der Waals surface area contributed by atoms with Gasteiger partial charge in [0, 0.05) is 50.6 Å². The van der Waals surface area contributed by atoms with Crippen LogP contribution in [0.15, 0.2) is 48.5 Å². The number of anilines is 3. The number of benzene rings is 2. The van der Waals surface area contributed by atoms with Crippen LogP contribution in [-0.2, 0) is 9.53 Å². The highest BCUT2D eigenvalue weighted by molar-refractivity contribution is 5.92. The quantitative estimate of drug-likeness (QED) is 0.796. The Bertz CT molecular complexity index is 873. The number of piperazine rings is 1. The fourth-order valence-corrected chi connectivity index (χ4v) is 4.40. The molecule has 2 aliphatic rings. The van der Waals surface area contributed by atoms with Crippen LogP contribution >= 0.6 is 0 Å². The summed E-state index contributed by atoms with van der Waals surface area (Å²) in [4.78, 5) is 19.0. The summed E-state index contributed by atoms with van der Waals surface area (Å²) in [5.41, 5.74) is 2.58. The number of amides is 1. The fourth-order valence-electron chi connectivity index (χ4n) is 4.40. The molecular weight excluding hydrogens is 395 g/mol. The number of hydrogen-bond donors (Lipinski definition) is 1. The van der Waals surface area contributed by atoms with E-state index in [4.69, 9.17) is 4.74 Å². The van der Waals surface area contributed by atoms with Gasteiger partial charge in [0.15, 0.2) is 0 Å². The molecular formula is C24H31FN4O2. The first-order chi connectivity index (χ1) is 15.0. The van der Waals surface area contributed by atoms with Crippen LogP contribution in [0.5, 0.6) is 0 Å². The molecule has 2 aromatic rings. The van der Waals surface area contributed by atoms with Crippen molar-refractivity contribution in [3.63, 3.8) is 0 Å². The lowest BCUT2D eigenvalue weighted by Gasteiger charge is -2.37. The van der Waals surface area contributed by atoms with Gasteiger partial charge >= 0.3 is 0 Å². The van der Waals surface area contributed by atoms with Gasteiger partial charge in [-0.05, 0) is 50.2 Å². The van der Waals surface area contributed by atoms with Crippen molar-refractivity contribution in [2.75, 3.05) is 60.9 Å². The third-order valence-electron chi connectivity index (χ3n) is 5.87. The average Bonchev–Trinajstić information content (AvgIpc) is 2.74. The van der Waals surface area contributed by atoms with E-state index in [1.54, 1.807) is 12.1 Å². The molecule has 2 aliphatic heterocycles. The van der Waals surface area contributed by atoms with Crippen LogP contribution in [0.25, 0.3) is 0 Å². The predicted octanol–water partition coefficient (Wildman–Crippen LogP) is 3.20. The molecule has 4 rings (SSSR count). The molecule has 166 valence electrons. The Kier molecular flexibility index (Phi) is 6.73. The van der Waals surface area contributed by atoms with Gasteiger partial charge in [0.2, 0.25) is 5.91 Å². The van der Waals surface area contributed by atoms with Gasteiger partial charge in [-0.2, -0.15) is 0 Å². The monoisotopic (exact) mass is 426 g/mol. The summed E-state index contributed by atoms with van der Waals surface area (Å²) in [5, 5.41) is 2.99. The van der Waals surface area contributed by atoms with Gasteiger partial charge < -0.3 is 19.9 Å². The van der Waals surface area contributed by atoms with Crippen LogP contribution in [0.1, 0.15) is 13.8 Å². The number of carbonyl (C=O) groups excluding carboxylic acids is 1. The molecule has 2 saturated heterocycles. The van der Waals surface area contributed by atoms with E-state index in [1.165, 1.54) is 6.07 Å². The summed E-state index contributed by atoms with van der Waals surface area (Å²) in [6, 6.07) is 14.8. The van der Waals surface area contributed by atoms with E-state index in [0.29, 0.717) is 25.3 Å². The Morgan fingerprint density at radius 3 is 2.26 bits per heavy atom. The van der Waals surface area contributed by atoms with E-state index < -0.39 is 0 Å². The van der Waals surface area contributed by atoms with Crippen LogP contribution in [0.2, 0.25) is 0 Å². The molecule has 2 atom stereocenters. The first-order valence-corrected chi connectivity index (χ1v) is 11.0. The Morgan fingerprint density at radius 1 is 0.968 bits per heavy atom. The molecule has 7 heteroatoms. The molecule has 2 unspecified atom stereocenters. The second-order valence-corrected chi connectivity index (χ2v) is 8.47. The lowest BCUT2D eigenvalue weighted by Crippen LogP contribution is -2.48. The molecule has 0 aliphatic carbocycles. The molecule has 0 bridgehead atoms. The van der Waals surface area contributed by atoms with Crippen LogP contribution in [0.4, 0.5) is 21.5 Å². The zero-order valence-corrected chi connectivity index (χ0v) is 18.3. The molecule has 6 nitrogen and oxygen atoms in total. The van der Waals surface area contributed by atoms with E-state index in [2.05, 4.69) is 29.0 Å². The van der Waals surface area contributed by atoms with Crippen molar-refractivity contribution < 1.29 is 13.9 Å². The van der Waals surface area contributed by atoms with Crippen LogP contribution in [0, 0.1) is 5.82 Å². The third kappa shape index (κ3) is 5.54.